The van der Waals surface area contributed by atoms with Crippen molar-refractivity contribution in [3.63, 3.8) is 0 Å². The Morgan fingerprint density at radius 3 is 2.32 bits per heavy atom. The fraction of sp³-hybridized carbons (Fsp3) is 0.320. The summed E-state index contributed by atoms with van der Waals surface area (Å²) in [5.41, 5.74) is 1.27. The number of nitriles is 1. The van der Waals surface area contributed by atoms with E-state index in [0.717, 1.165) is 12.1 Å². The Labute approximate surface area is 217 Å². The van der Waals surface area contributed by atoms with Crippen LogP contribution in [0, 0.1) is 11.3 Å². The van der Waals surface area contributed by atoms with E-state index in [1.165, 1.54) is 22.8 Å². The maximum atomic E-state index is 14.6. The van der Waals surface area contributed by atoms with Crippen molar-refractivity contribution in [2.75, 3.05) is 0 Å². The summed E-state index contributed by atoms with van der Waals surface area (Å²) in [5.74, 6) is -2.07. The number of carbonyl (C=O) groups is 2. The molecular formula is C25H19ClF6N4O2. The molecule has 1 heterocycles. The summed E-state index contributed by atoms with van der Waals surface area (Å²) in [6.07, 6.45) is -10.3. The summed E-state index contributed by atoms with van der Waals surface area (Å²) < 4.78 is 85.1. The Bertz CT molecular complexity index is 1480. The van der Waals surface area contributed by atoms with Crippen LogP contribution in [-0.2, 0) is 12.7 Å². The molecule has 13 heteroatoms. The lowest BCUT2D eigenvalue weighted by Gasteiger charge is -2.37. The van der Waals surface area contributed by atoms with E-state index in [4.69, 9.17) is 17.3 Å². The summed E-state index contributed by atoms with van der Waals surface area (Å²) >= 11 is 6.13. The van der Waals surface area contributed by atoms with Crippen molar-refractivity contribution in [3.8, 4) is 6.07 Å². The smallest absolute Gasteiger partial charge is 0.366 e. The largest absolute Gasteiger partial charge is 0.416 e. The van der Waals surface area contributed by atoms with Gasteiger partial charge in [-0.05, 0) is 55.7 Å². The van der Waals surface area contributed by atoms with Gasteiger partial charge < -0.3 is 15.2 Å². The number of fused-ring (bicyclic) bond motifs is 1. The number of hydrogen-bond acceptors (Lipinski definition) is 3. The lowest BCUT2D eigenvalue weighted by molar-refractivity contribution is -0.184. The zero-order valence-electron chi connectivity index (χ0n) is 19.6. The zero-order chi connectivity index (χ0) is 28.2. The molecule has 1 saturated carbocycles. The van der Waals surface area contributed by atoms with Crippen LogP contribution < -0.4 is 5.73 Å². The second kappa shape index (κ2) is 9.23. The second-order valence-corrected chi connectivity index (χ2v) is 9.32. The predicted octanol–water partition coefficient (Wildman–Crippen LogP) is 6.23. The van der Waals surface area contributed by atoms with Crippen LogP contribution in [0.25, 0.3) is 10.9 Å². The average Bonchev–Trinajstić information content (AvgIpc) is 3.54. The van der Waals surface area contributed by atoms with Crippen molar-refractivity contribution < 1.29 is 35.9 Å². The van der Waals surface area contributed by atoms with E-state index in [9.17, 15) is 41.2 Å². The van der Waals surface area contributed by atoms with Gasteiger partial charge in [0.05, 0.1) is 27.7 Å². The Morgan fingerprint density at radius 1 is 1.16 bits per heavy atom. The van der Waals surface area contributed by atoms with E-state index in [2.05, 4.69) is 0 Å². The molecule has 2 amide bonds. The van der Waals surface area contributed by atoms with Gasteiger partial charge >= 0.3 is 12.4 Å². The molecule has 0 radical (unpaired) electrons. The van der Waals surface area contributed by atoms with E-state index in [1.54, 1.807) is 13.0 Å². The number of nitrogens with two attached hydrogens (primary N) is 1. The van der Waals surface area contributed by atoms with Crippen molar-refractivity contribution in [1.82, 2.24) is 9.47 Å². The van der Waals surface area contributed by atoms with Crippen LogP contribution in [0.15, 0.2) is 42.5 Å². The van der Waals surface area contributed by atoms with Gasteiger partial charge in [-0.1, -0.05) is 23.7 Å². The molecule has 0 spiro atoms. The first kappa shape index (κ1) is 27.3. The number of nitrogens with zero attached hydrogens (tertiary/aromatic N) is 3. The molecule has 4 rings (SSSR count). The maximum Gasteiger partial charge on any atom is 0.416 e. The van der Waals surface area contributed by atoms with Crippen LogP contribution in [0.5, 0.6) is 0 Å². The van der Waals surface area contributed by atoms with Crippen LogP contribution in [0.2, 0.25) is 5.02 Å². The first-order valence-corrected chi connectivity index (χ1v) is 11.6. The Kier molecular flexibility index (Phi) is 6.64. The molecule has 38 heavy (non-hydrogen) atoms. The third-order valence-electron chi connectivity index (χ3n) is 6.50. The minimum absolute atomic E-state index is 0.0403. The van der Waals surface area contributed by atoms with E-state index in [-0.39, 0.29) is 41.1 Å². The van der Waals surface area contributed by atoms with Gasteiger partial charge in [0.1, 0.15) is 11.2 Å². The highest BCUT2D eigenvalue weighted by molar-refractivity contribution is 6.34. The summed E-state index contributed by atoms with van der Waals surface area (Å²) in [6, 6.07) is 5.41. The van der Waals surface area contributed by atoms with Crippen LogP contribution in [0.1, 0.15) is 57.8 Å². The number of rotatable bonds is 6. The molecule has 200 valence electrons. The monoisotopic (exact) mass is 556 g/mol. The Morgan fingerprint density at radius 2 is 1.82 bits per heavy atom. The van der Waals surface area contributed by atoms with Crippen molar-refractivity contribution in [2.45, 2.75) is 50.2 Å². The minimum atomic E-state index is -5.22. The number of primary amides is 1. The summed E-state index contributed by atoms with van der Waals surface area (Å²) in [6.45, 7) is 1.70. The van der Waals surface area contributed by atoms with Gasteiger partial charge in [-0.2, -0.15) is 31.6 Å². The molecule has 1 aromatic heterocycles. The predicted molar refractivity (Wildman–Crippen MR) is 125 cm³/mol. The molecule has 1 aliphatic carbocycles. The summed E-state index contributed by atoms with van der Waals surface area (Å²) in [5, 5.41) is 10.0. The number of aromatic nitrogens is 1. The fourth-order valence-electron chi connectivity index (χ4n) is 4.57. The van der Waals surface area contributed by atoms with Gasteiger partial charge in [0, 0.05) is 11.9 Å². The Hall–Kier alpha value is -3.72. The molecular weight excluding hydrogens is 538 g/mol. The molecule has 6 nitrogen and oxygen atoms in total. The van der Waals surface area contributed by atoms with Crippen LogP contribution in [0.3, 0.4) is 0 Å². The number of benzene rings is 2. The first-order valence-electron chi connectivity index (χ1n) is 11.3. The van der Waals surface area contributed by atoms with E-state index >= 15 is 0 Å². The summed E-state index contributed by atoms with van der Waals surface area (Å²) in [7, 11) is 0. The van der Waals surface area contributed by atoms with Gasteiger partial charge in [0.2, 0.25) is 5.91 Å². The zero-order valence-corrected chi connectivity index (χ0v) is 20.4. The third-order valence-corrected chi connectivity index (χ3v) is 6.81. The van der Waals surface area contributed by atoms with E-state index in [1.807, 2.05) is 0 Å². The van der Waals surface area contributed by atoms with Crippen LogP contribution >= 0.6 is 11.6 Å². The van der Waals surface area contributed by atoms with E-state index < -0.39 is 46.9 Å². The second-order valence-electron chi connectivity index (χ2n) is 8.91. The molecule has 1 aliphatic rings. The third kappa shape index (κ3) is 4.67. The standard InChI is InChI=1S/C25H19ClF6N4O2/c1-2-35-18-11-17(26)16(21(34)37)9-14(18)10-19(35)22(38)36(23(12-33)6-7-23)20(25(30,31)32)13-4-3-5-15(8-13)24(27,28)29/h3-5,8-11,20H,2,6-7H2,1H3,(H2,34,37). The molecule has 0 saturated heterocycles. The number of hydrogen-bond donors (Lipinski definition) is 1. The number of halogens is 7. The average molecular weight is 557 g/mol. The summed E-state index contributed by atoms with van der Waals surface area (Å²) in [4.78, 5) is 25.9. The minimum Gasteiger partial charge on any atom is -0.366 e. The van der Waals surface area contributed by atoms with Crippen molar-refractivity contribution >= 4 is 34.3 Å². The fourth-order valence-corrected chi connectivity index (χ4v) is 4.82. The van der Waals surface area contributed by atoms with E-state index in [0.29, 0.717) is 22.5 Å². The normalized spacial score (nSPS) is 15.7. The van der Waals surface area contributed by atoms with Gasteiger partial charge in [-0.15, -0.1) is 0 Å². The molecule has 2 aromatic carbocycles. The highest BCUT2D eigenvalue weighted by atomic mass is 35.5. The number of alkyl halides is 6. The highest BCUT2D eigenvalue weighted by Crippen LogP contribution is 2.51. The van der Waals surface area contributed by atoms with Gasteiger partial charge in [0.15, 0.2) is 6.04 Å². The molecule has 0 bridgehead atoms. The number of amides is 2. The van der Waals surface area contributed by atoms with Crippen molar-refractivity contribution in [2.24, 2.45) is 5.73 Å². The highest BCUT2D eigenvalue weighted by Gasteiger charge is 2.60. The first-order chi connectivity index (χ1) is 17.6. The topological polar surface area (TPSA) is 92.1 Å². The SMILES string of the molecule is CCn1c(C(=O)N(C(c2cccc(C(F)(F)F)c2)C(F)(F)F)C2(C#N)CC2)cc2cc(C(N)=O)c(Cl)cc21. The van der Waals surface area contributed by atoms with Crippen molar-refractivity contribution in [3.05, 3.63) is 69.9 Å². The number of carbonyl (C=O) groups excluding carboxylic acids is 2. The molecule has 1 fully saturated rings. The van der Waals surface area contributed by atoms with Gasteiger partial charge in [-0.3, -0.25) is 9.59 Å². The van der Waals surface area contributed by atoms with Crippen LogP contribution in [0.4, 0.5) is 26.3 Å². The molecule has 1 unspecified atom stereocenters. The van der Waals surface area contributed by atoms with Gasteiger partial charge in [0.25, 0.3) is 5.91 Å². The quantitative estimate of drug-likeness (QED) is 0.365. The number of aryl methyl sites for hydroxylation is 1. The molecule has 1 atom stereocenters. The van der Waals surface area contributed by atoms with Crippen molar-refractivity contribution in [1.29, 1.82) is 5.26 Å². The lowest BCUT2D eigenvalue weighted by Crippen LogP contribution is -2.49. The van der Waals surface area contributed by atoms with Crippen LogP contribution in [-0.4, -0.2) is 33.0 Å². The Balaban J connectivity index is 1.95. The molecule has 3 aromatic rings. The maximum absolute atomic E-state index is 14.6. The lowest BCUT2D eigenvalue weighted by atomic mass is 9.98. The molecule has 0 aliphatic heterocycles. The van der Waals surface area contributed by atoms with Gasteiger partial charge in [-0.25, -0.2) is 0 Å². The molecule has 2 N–H and O–H groups in total.